The second-order valence-corrected chi connectivity index (χ2v) is 4.28. The smallest absolute Gasteiger partial charge is 0.293 e. The monoisotopic (exact) mass is 182 g/mol. The van der Waals surface area contributed by atoms with E-state index in [1.807, 2.05) is 0 Å². The number of hydrogen-bond acceptors (Lipinski definition) is 3. The largest absolute Gasteiger partial charge is 0.502 e. The molecule has 72 valence electrons. The van der Waals surface area contributed by atoms with Crippen molar-refractivity contribution >= 4 is 0 Å². The molecule has 0 aliphatic heterocycles. The molecule has 0 aliphatic carbocycles. The molecule has 0 radical (unpaired) electrons. The zero-order chi connectivity index (χ0) is 10.1. The summed E-state index contributed by atoms with van der Waals surface area (Å²) >= 11 is 0. The fraction of sp³-hybridized carbons (Fsp3) is 0.556. The first kappa shape index (κ1) is 9.77. The van der Waals surface area contributed by atoms with Crippen LogP contribution in [0, 0.1) is 5.41 Å². The molecule has 0 bridgehead atoms. The highest BCUT2D eigenvalue weighted by Gasteiger charge is 2.13. The number of hydrogen-bond donors (Lipinski definition) is 2. The maximum absolute atomic E-state index is 11.0. The van der Waals surface area contributed by atoms with Crippen molar-refractivity contribution in [2.75, 3.05) is 0 Å². The predicted octanol–water partition coefficient (Wildman–Crippen LogP) is 1.06. The van der Waals surface area contributed by atoms with Gasteiger partial charge in [0.15, 0.2) is 5.75 Å². The van der Waals surface area contributed by atoms with E-state index in [1.54, 1.807) is 0 Å². The van der Waals surface area contributed by atoms with E-state index in [1.165, 1.54) is 6.20 Å². The second kappa shape index (κ2) is 3.20. The lowest BCUT2D eigenvalue weighted by Crippen LogP contribution is -2.16. The first-order valence-electron chi connectivity index (χ1n) is 4.16. The molecule has 1 heterocycles. The fourth-order valence-electron chi connectivity index (χ4n) is 1.02. The highest BCUT2D eigenvalue weighted by Crippen LogP contribution is 2.17. The number of nitrogens with zero attached hydrogens (tertiary/aromatic N) is 1. The third kappa shape index (κ3) is 2.89. The number of rotatable bonds is 1. The maximum Gasteiger partial charge on any atom is 0.293 e. The molecule has 0 atom stereocenters. The Bertz CT molecular complexity index is 349. The van der Waals surface area contributed by atoms with E-state index < -0.39 is 5.56 Å². The minimum absolute atomic E-state index is 0.0763. The molecule has 1 aromatic rings. The Morgan fingerprint density at radius 2 is 2.15 bits per heavy atom. The van der Waals surface area contributed by atoms with Crippen LogP contribution in [0.1, 0.15) is 26.6 Å². The Balaban J connectivity index is 2.93. The van der Waals surface area contributed by atoms with Gasteiger partial charge in [-0.2, -0.15) is 0 Å². The average molecular weight is 182 g/mol. The van der Waals surface area contributed by atoms with Gasteiger partial charge in [-0.25, -0.2) is 4.98 Å². The third-order valence-corrected chi connectivity index (χ3v) is 1.53. The number of aromatic nitrogens is 2. The molecule has 0 saturated carbocycles. The molecular weight excluding hydrogens is 168 g/mol. The zero-order valence-electron chi connectivity index (χ0n) is 8.09. The van der Waals surface area contributed by atoms with E-state index in [2.05, 4.69) is 30.7 Å². The minimum Gasteiger partial charge on any atom is -0.502 e. The van der Waals surface area contributed by atoms with Crippen LogP contribution in [-0.2, 0) is 6.42 Å². The Kier molecular flexibility index (Phi) is 2.40. The van der Waals surface area contributed by atoms with Gasteiger partial charge in [-0.3, -0.25) is 4.79 Å². The molecule has 0 aromatic carbocycles. The quantitative estimate of drug-likeness (QED) is 0.682. The van der Waals surface area contributed by atoms with Crippen molar-refractivity contribution in [2.45, 2.75) is 27.2 Å². The summed E-state index contributed by atoms with van der Waals surface area (Å²) in [6.07, 6.45) is 1.86. The summed E-state index contributed by atoms with van der Waals surface area (Å²) in [6, 6.07) is 0. The van der Waals surface area contributed by atoms with Crippen LogP contribution in [0.4, 0.5) is 0 Å². The molecule has 1 rings (SSSR count). The van der Waals surface area contributed by atoms with Crippen molar-refractivity contribution in [2.24, 2.45) is 5.41 Å². The number of aromatic hydroxyl groups is 1. The van der Waals surface area contributed by atoms with Gasteiger partial charge in [-0.05, 0) is 5.41 Å². The van der Waals surface area contributed by atoms with Crippen molar-refractivity contribution in [1.29, 1.82) is 0 Å². The Morgan fingerprint density at radius 3 is 2.62 bits per heavy atom. The van der Waals surface area contributed by atoms with Crippen molar-refractivity contribution < 1.29 is 5.11 Å². The van der Waals surface area contributed by atoms with Crippen LogP contribution >= 0.6 is 0 Å². The standard InChI is InChI=1S/C9H14N2O2/c1-9(2,3)4-7-10-5-6(12)8(13)11-7/h5,12H,4H2,1-3H3,(H,10,11,13). The van der Waals surface area contributed by atoms with Crippen LogP contribution in [0.25, 0.3) is 0 Å². The second-order valence-electron chi connectivity index (χ2n) is 4.28. The highest BCUT2D eigenvalue weighted by atomic mass is 16.3. The summed E-state index contributed by atoms with van der Waals surface area (Å²) in [6.45, 7) is 6.17. The molecule has 4 nitrogen and oxygen atoms in total. The van der Waals surface area contributed by atoms with Gasteiger partial charge in [0.2, 0.25) is 0 Å². The lowest BCUT2D eigenvalue weighted by Gasteiger charge is -2.16. The topological polar surface area (TPSA) is 66.0 Å². The molecular formula is C9H14N2O2. The summed E-state index contributed by atoms with van der Waals surface area (Å²) in [5.41, 5.74) is -0.401. The normalized spacial score (nSPS) is 11.6. The Labute approximate surface area is 76.7 Å². The van der Waals surface area contributed by atoms with Crippen LogP contribution in [-0.4, -0.2) is 15.1 Å². The summed E-state index contributed by atoms with van der Waals surface area (Å²) in [5, 5.41) is 8.94. The molecule has 0 amide bonds. The van der Waals surface area contributed by atoms with Gasteiger partial charge in [0.1, 0.15) is 5.82 Å². The molecule has 0 spiro atoms. The molecule has 1 aromatic heterocycles. The van der Waals surface area contributed by atoms with Gasteiger partial charge in [-0.15, -0.1) is 0 Å². The van der Waals surface area contributed by atoms with Gasteiger partial charge in [0.25, 0.3) is 5.56 Å². The van der Waals surface area contributed by atoms with E-state index in [-0.39, 0.29) is 11.2 Å². The first-order valence-corrected chi connectivity index (χ1v) is 4.16. The molecule has 4 heteroatoms. The fourth-order valence-corrected chi connectivity index (χ4v) is 1.02. The average Bonchev–Trinajstić information content (AvgIpc) is 1.94. The van der Waals surface area contributed by atoms with Gasteiger partial charge in [0, 0.05) is 6.42 Å². The molecule has 2 N–H and O–H groups in total. The van der Waals surface area contributed by atoms with E-state index in [4.69, 9.17) is 5.11 Å². The van der Waals surface area contributed by atoms with Gasteiger partial charge in [0.05, 0.1) is 6.20 Å². The number of H-pyrrole nitrogens is 1. The SMILES string of the molecule is CC(C)(C)Cc1ncc(O)c(=O)[nH]1. The Hall–Kier alpha value is -1.32. The molecule has 0 saturated heterocycles. The van der Waals surface area contributed by atoms with Crippen LogP contribution < -0.4 is 5.56 Å². The van der Waals surface area contributed by atoms with Crippen LogP contribution in [0.2, 0.25) is 0 Å². The van der Waals surface area contributed by atoms with Crippen molar-refractivity contribution in [1.82, 2.24) is 9.97 Å². The van der Waals surface area contributed by atoms with Crippen LogP contribution in [0.3, 0.4) is 0 Å². The van der Waals surface area contributed by atoms with Gasteiger partial charge >= 0.3 is 0 Å². The summed E-state index contributed by atoms with van der Waals surface area (Å²) in [4.78, 5) is 17.4. The van der Waals surface area contributed by atoms with Crippen molar-refractivity contribution in [3.63, 3.8) is 0 Å². The Morgan fingerprint density at radius 1 is 1.54 bits per heavy atom. The maximum atomic E-state index is 11.0. The first-order chi connectivity index (χ1) is 5.88. The number of nitrogens with one attached hydrogen (secondary N) is 1. The molecule has 13 heavy (non-hydrogen) atoms. The van der Waals surface area contributed by atoms with E-state index in [9.17, 15) is 4.79 Å². The zero-order valence-corrected chi connectivity index (χ0v) is 8.09. The van der Waals surface area contributed by atoms with Gasteiger partial charge < -0.3 is 10.1 Å². The molecule has 0 unspecified atom stereocenters. The summed E-state index contributed by atoms with van der Waals surface area (Å²) in [5.74, 6) is 0.271. The minimum atomic E-state index is -0.478. The van der Waals surface area contributed by atoms with E-state index >= 15 is 0 Å². The predicted molar refractivity (Wildman–Crippen MR) is 49.7 cm³/mol. The van der Waals surface area contributed by atoms with Gasteiger partial charge in [-0.1, -0.05) is 20.8 Å². The van der Waals surface area contributed by atoms with Crippen LogP contribution in [0.5, 0.6) is 5.75 Å². The van der Waals surface area contributed by atoms with Crippen LogP contribution in [0.15, 0.2) is 11.0 Å². The molecule has 0 aliphatic rings. The highest BCUT2D eigenvalue weighted by molar-refractivity contribution is 5.10. The van der Waals surface area contributed by atoms with E-state index in [0.717, 1.165) is 0 Å². The lowest BCUT2D eigenvalue weighted by atomic mass is 9.92. The summed E-state index contributed by atoms with van der Waals surface area (Å²) < 4.78 is 0. The van der Waals surface area contributed by atoms with Crippen molar-refractivity contribution in [3.8, 4) is 5.75 Å². The summed E-state index contributed by atoms with van der Waals surface area (Å²) in [7, 11) is 0. The van der Waals surface area contributed by atoms with E-state index in [0.29, 0.717) is 12.2 Å². The molecule has 0 fully saturated rings. The van der Waals surface area contributed by atoms with Crippen molar-refractivity contribution in [3.05, 3.63) is 22.4 Å². The third-order valence-electron chi connectivity index (χ3n) is 1.53. The number of aromatic amines is 1. The lowest BCUT2D eigenvalue weighted by molar-refractivity contribution is 0.396.